The summed E-state index contributed by atoms with van der Waals surface area (Å²) in [6.45, 7) is 0. The Hall–Kier alpha value is -3.64. The molecule has 3 N–H and O–H groups in total. The molecule has 2 heterocycles. The third-order valence-corrected chi connectivity index (χ3v) is 5.85. The van der Waals surface area contributed by atoms with Crippen molar-refractivity contribution in [2.45, 2.75) is 6.04 Å². The summed E-state index contributed by atoms with van der Waals surface area (Å²) in [5.41, 5.74) is 3.07. The van der Waals surface area contributed by atoms with Crippen LogP contribution in [0.1, 0.15) is 17.2 Å². The zero-order valence-corrected chi connectivity index (χ0v) is 16.1. The first-order chi connectivity index (χ1) is 14.2. The van der Waals surface area contributed by atoms with Gasteiger partial charge in [-0.05, 0) is 35.9 Å². The van der Waals surface area contributed by atoms with E-state index in [1.807, 2.05) is 60.7 Å². The van der Waals surface area contributed by atoms with E-state index in [1.165, 1.54) is 0 Å². The Kier molecular flexibility index (Phi) is 4.26. The Morgan fingerprint density at radius 3 is 2.52 bits per heavy atom. The highest BCUT2D eigenvalue weighted by atomic mass is 32.1. The molecule has 6 heteroatoms. The average Bonchev–Trinajstić information content (AvgIpc) is 3.16. The zero-order chi connectivity index (χ0) is 19.8. The molecular formula is C23H17N3O2S. The molecule has 0 bridgehead atoms. The first-order valence-corrected chi connectivity index (χ1v) is 9.98. The van der Waals surface area contributed by atoms with Gasteiger partial charge in [0.15, 0.2) is 5.13 Å². The van der Waals surface area contributed by atoms with Gasteiger partial charge in [0.05, 0.1) is 16.3 Å². The Balaban J connectivity index is 1.64. The third kappa shape index (κ3) is 3.23. The van der Waals surface area contributed by atoms with E-state index < -0.39 is 0 Å². The molecule has 0 radical (unpaired) electrons. The minimum absolute atomic E-state index is 0.134. The highest BCUT2D eigenvalue weighted by Crippen LogP contribution is 2.38. The maximum absolute atomic E-state index is 11.0. The second-order valence-electron chi connectivity index (χ2n) is 6.73. The maximum Gasteiger partial charge on any atom is 0.184 e. The van der Waals surface area contributed by atoms with Gasteiger partial charge in [0.25, 0.3) is 0 Å². The lowest BCUT2D eigenvalue weighted by Crippen LogP contribution is -2.12. The number of hydrogen-bond acceptors (Lipinski definition) is 6. The molecule has 3 aromatic carbocycles. The van der Waals surface area contributed by atoms with E-state index in [9.17, 15) is 10.2 Å². The minimum atomic E-state index is -0.359. The number of phenolic OH excluding ortho intramolecular Hbond substituents is 2. The lowest BCUT2D eigenvalue weighted by molar-refractivity contribution is 0.471. The van der Waals surface area contributed by atoms with E-state index in [0.717, 1.165) is 26.3 Å². The molecule has 5 nitrogen and oxygen atoms in total. The number of para-hydroxylation sites is 1. The van der Waals surface area contributed by atoms with Crippen molar-refractivity contribution in [2.75, 3.05) is 5.32 Å². The number of nitrogens with one attached hydrogen (secondary N) is 1. The molecule has 5 aromatic rings. The molecule has 0 fully saturated rings. The van der Waals surface area contributed by atoms with Crippen LogP contribution in [0.4, 0.5) is 5.13 Å². The van der Waals surface area contributed by atoms with Crippen LogP contribution in [0.5, 0.6) is 11.5 Å². The van der Waals surface area contributed by atoms with Gasteiger partial charge in [0.1, 0.15) is 17.0 Å². The van der Waals surface area contributed by atoms with E-state index in [2.05, 4.69) is 15.3 Å². The van der Waals surface area contributed by atoms with Crippen LogP contribution in [-0.2, 0) is 0 Å². The number of phenols is 2. The first kappa shape index (κ1) is 17.5. The van der Waals surface area contributed by atoms with E-state index in [4.69, 9.17) is 0 Å². The summed E-state index contributed by atoms with van der Waals surface area (Å²) in [7, 11) is 0. The number of nitrogens with zero attached hydrogens (tertiary/aromatic N) is 2. The quantitative estimate of drug-likeness (QED) is 0.374. The standard InChI is InChI=1S/C23H17N3O2S/c27-16-10-7-15(8-11-16)20(26-23-25-18-5-1-2-6-19(18)29-23)17-12-9-14-4-3-13-24-21(14)22(17)28/h1-13,20,27-28H,(H,25,26). The summed E-state index contributed by atoms with van der Waals surface area (Å²) in [5, 5.41) is 25.8. The van der Waals surface area contributed by atoms with Gasteiger partial charge in [0, 0.05) is 17.1 Å². The molecule has 5 rings (SSSR count). The lowest BCUT2D eigenvalue weighted by atomic mass is 9.96. The van der Waals surface area contributed by atoms with E-state index in [-0.39, 0.29) is 17.5 Å². The second kappa shape index (κ2) is 7.07. The van der Waals surface area contributed by atoms with E-state index >= 15 is 0 Å². The topological polar surface area (TPSA) is 78.3 Å². The number of fused-ring (bicyclic) bond motifs is 2. The normalized spacial score (nSPS) is 12.3. The maximum atomic E-state index is 11.0. The van der Waals surface area contributed by atoms with Crippen LogP contribution in [0.15, 0.2) is 79.0 Å². The van der Waals surface area contributed by atoms with Crippen LogP contribution >= 0.6 is 11.3 Å². The monoisotopic (exact) mass is 399 g/mol. The number of rotatable bonds is 4. The van der Waals surface area contributed by atoms with Crippen LogP contribution < -0.4 is 5.32 Å². The van der Waals surface area contributed by atoms with Crippen LogP contribution in [0, 0.1) is 0 Å². The third-order valence-electron chi connectivity index (χ3n) is 4.88. The van der Waals surface area contributed by atoms with Crippen molar-refractivity contribution in [2.24, 2.45) is 0 Å². The molecule has 0 saturated carbocycles. The van der Waals surface area contributed by atoms with Crippen LogP contribution in [0.3, 0.4) is 0 Å². The van der Waals surface area contributed by atoms with Crippen molar-refractivity contribution in [3.8, 4) is 11.5 Å². The second-order valence-corrected chi connectivity index (χ2v) is 7.76. The molecule has 29 heavy (non-hydrogen) atoms. The molecule has 1 unspecified atom stereocenters. The van der Waals surface area contributed by atoms with Crippen LogP contribution in [0.2, 0.25) is 0 Å². The fraction of sp³-hybridized carbons (Fsp3) is 0.0435. The number of hydrogen-bond donors (Lipinski definition) is 3. The highest BCUT2D eigenvalue weighted by Gasteiger charge is 2.21. The van der Waals surface area contributed by atoms with E-state index in [0.29, 0.717) is 11.1 Å². The summed E-state index contributed by atoms with van der Waals surface area (Å²) in [5.74, 6) is 0.326. The highest BCUT2D eigenvalue weighted by molar-refractivity contribution is 7.22. The summed E-state index contributed by atoms with van der Waals surface area (Å²) >= 11 is 1.56. The zero-order valence-electron chi connectivity index (χ0n) is 15.3. The van der Waals surface area contributed by atoms with Gasteiger partial charge in [-0.1, -0.05) is 53.8 Å². The molecule has 0 aliphatic carbocycles. The van der Waals surface area contributed by atoms with Crippen molar-refractivity contribution in [1.29, 1.82) is 0 Å². The van der Waals surface area contributed by atoms with Crippen molar-refractivity contribution >= 4 is 37.6 Å². The lowest BCUT2D eigenvalue weighted by Gasteiger charge is -2.21. The molecule has 0 aliphatic rings. The molecule has 1 atom stereocenters. The number of thiazole rings is 1. The van der Waals surface area contributed by atoms with E-state index in [1.54, 1.807) is 29.7 Å². The number of aromatic nitrogens is 2. The van der Waals surface area contributed by atoms with Gasteiger partial charge in [0.2, 0.25) is 0 Å². The molecule has 142 valence electrons. The summed E-state index contributed by atoms with van der Waals surface area (Å²) in [4.78, 5) is 9.02. The van der Waals surface area contributed by atoms with Gasteiger partial charge in [-0.2, -0.15) is 0 Å². The number of pyridine rings is 1. The fourth-order valence-corrected chi connectivity index (χ4v) is 4.34. The SMILES string of the molecule is Oc1ccc(C(Nc2nc3ccccc3s2)c2ccc3cccnc3c2O)cc1. The van der Waals surface area contributed by atoms with Crippen LogP contribution in [0.25, 0.3) is 21.1 Å². The average molecular weight is 399 g/mol. The smallest absolute Gasteiger partial charge is 0.184 e. The van der Waals surface area contributed by atoms with Gasteiger partial charge >= 0.3 is 0 Å². The van der Waals surface area contributed by atoms with Crippen LogP contribution in [-0.4, -0.2) is 20.2 Å². The molecule has 0 saturated heterocycles. The van der Waals surface area contributed by atoms with Gasteiger partial charge in [-0.25, -0.2) is 4.98 Å². The number of anilines is 1. The Morgan fingerprint density at radius 1 is 0.862 bits per heavy atom. The Labute approximate surface area is 170 Å². The molecule has 0 spiro atoms. The predicted molar refractivity (Wildman–Crippen MR) is 117 cm³/mol. The van der Waals surface area contributed by atoms with Gasteiger partial charge in [-0.3, -0.25) is 4.98 Å². The Bertz CT molecular complexity index is 1280. The summed E-state index contributed by atoms with van der Waals surface area (Å²) < 4.78 is 1.09. The van der Waals surface area contributed by atoms with Crippen molar-refractivity contribution in [3.63, 3.8) is 0 Å². The molecule has 2 aromatic heterocycles. The predicted octanol–water partition coefficient (Wildman–Crippen LogP) is 5.46. The summed E-state index contributed by atoms with van der Waals surface area (Å²) in [6, 6.07) is 22.2. The van der Waals surface area contributed by atoms with Gasteiger partial charge < -0.3 is 15.5 Å². The minimum Gasteiger partial charge on any atom is -0.508 e. The van der Waals surface area contributed by atoms with Crippen molar-refractivity contribution in [3.05, 3.63) is 90.1 Å². The first-order valence-electron chi connectivity index (χ1n) is 9.17. The largest absolute Gasteiger partial charge is 0.508 e. The van der Waals surface area contributed by atoms with Crippen molar-refractivity contribution < 1.29 is 10.2 Å². The van der Waals surface area contributed by atoms with Crippen molar-refractivity contribution in [1.82, 2.24) is 9.97 Å². The molecule has 0 aliphatic heterocycles. The molecular weight excluding hydrogens is 382 g/mol. The number of benzene rings is 3. The molecule has 0 amide bonds. The Morgan fingerprint density at radius 2 is 1.69 bits per heavy atom. The number of aromatic hydroxyl groups is 2. The summed E-state index contributed by atoms with van der Waals surface area (Å²) in [6.07, 6.45) is 1.67. The fourth-order valence-electron chi connectivity index (χ4n) is 3.44. The van der Waals surface area contributed by atoms with Gasteiger partial charge in [-0.15, -0.1) is 0 Å².